The second-order valence-electron chi connectivity index (χ2n) is 7.60. The van der Waals surface area contributed by atoms with Crippen molar-refractivity contribution in [2.45, 2.75) is 46.2 Å². The molecule has 1 atom stereocenters. The molecule has 2 aromatic rings. The fourth-order valence-electron chi connectivity index (χ4n) is 4.07. The summed E-state index contributed by atoms with van der Waals surface area (Å²) in [4.78, 5) is 9.48. The summed E-state index contributed by atoms with van der Waals surface area (Å²) in [5.41, 5.74) is 4.24. The first-order chi connectivity index (χ1) is 13.1. The van der Waals surface area contributed by atoms with Gasteiger partial charge in [0.2, 0.25) is 5.88 Å². The first-order valence-corrected chi connectivity index (χ1v) is 10.2. The molecule has 1 aromatic heterocycles. The van der Waals surface area contributed by atoms with Crippen LogP contribution in [0.25, 0.3) is 0 Å². The molecule has 27 heavy (non-hydrogen) atoms. The summed E-state index contributed by atoms with van der Waals surface area (Å²) < 4.78 is 5.56. The third-order valence-electron chi connectivity index (χ3n) is 5.46. The average Bonchev–Trinajstić information content (AvgIpc) is 2.68. The molecule has 0 amide bonds. The Morgan fingerprint density at radius 1 is 1.15 bits per heavy atom. The van der Waals surface area contributed by atoms with Crippen LogP contribution >= 0.6 is 0 Å². The van der Waals surface area contributed by atoms with Gasteiger partial charge in [0.25, 0.3) is 0 Å². The molecule has 1 aromatic carbocycles. The van der Waals surface area contributed by atoms with E-state index in [1.165, 1.54) is 16.7 Å². The second kappa shape index (κ2) is 9.34. The second-order valence-corrected chi connectivity index (χ2v) is 7.60. The fourth-order valence-corrected chi connectivity index (χ4v) is 4.07. The molecule has 4 heteroatoms. The molecule has 3 rings (SSSR count). The van der Waals surface area contributed by atoms with Crippen LogP contribution in [0.1, 0.15) is 56.3 Å². The Hall–Kier alpha value is -1.91. The maximum absolute atomic E-state index is 5.56. The summed E-state index contributed by atoms with van der Waals surface area (Å²) >= 11 is 0. The number of hydrogen-bond donors (Lipinski definition) is 0. The van der Waals surface area contributed by atoms with Gasteiger partial charge < -0.3 is 4.74 Å². The highest BCUT2D eigenvalue weighted by Gasteiger charge is 2.29. The Morgan fingerprint density at radius 2 is 1.96 bits per heavy atom. The van der Waals surface area contributed by atoms with Crippen molar-refractivity contribution >= 4 is 0 Å². The maximum Gasteiger partial charge on any atom is 0.213 e. The zero-order chi connectivity index (χ0) is 19.2. The highest BCUT2D eigenvalue weighted by atomic mass is 16.5. The monoisotopic (exact) mass is 367 g/mol. The number of pyridine rings is 1. The summed E-state index contributed by atoms with van der Waals surface area (Å²) in [6.07, 6.45) is 1.86. The predicted molar refractivity (Wildman–Crippen MR) is 111 cm³/mol. The van der Waals surface area contributed by atoms with Gasteiger partial charge in [0.15, 0.2) is 0 Å². The van der Waals surface area contributed by atoms with Gasteiger partial charge in [-0.25, -0.2) is 4.98 Å². The Morgan fingerprint density at radius 3 is 2.70 bits per heavy atom. The normalized spacial score (nSPS) is 18.8. The number of aromatic nitrogens is 1. The van der Waals surface area contributed by atoms with Crippen molar-refractivity contribution in [2.75, 3.05) is 32.8 Å². The lowest BCUT2D eigenvalue weighted by atomic mass is 9.91. The van der Waals surface area contributed by atoms with Crippen molar-refractivity contribution in [1.82, 2.24) is 14.8 Å². The third-order valence-corrected chi connectivity index (χ3v) is 5.46. The number of nitrogens with zero attached hydrogens (tertiary/aromatic N) is 3. The predicted octanol–water partition coefficient (Wildman–Crippen LogP) is 4.48. The van der Waals surface area contributed by atoms with Gasteiger partial charge >= 0.3 is 0 Å². The largest absolute Gasteiger partial charge is 0.478 e. The quantitative estimate of drug-likeness (QED) is 0.721. The van der Waals surface area contributed by atoms with Gasteiger partial charge in [-0.1, -0.05) is 45.0 Å². The third kappa shape index (κ3) is 4.88. The van der Waals surface area contributed by atoms with Gasteiger partial charge in [-0.05, 0) is 42.1 Å². The number of likely N-dealkylation sites (N-methyl/N-ethyl adjacent to an activating group) is 1. The van der Waals surface area contributed by atoms with Crippen molar-refractivity contribution in [3.05, 3.63) is 59.3 Å². The van der Waals surface area contributed by atoms with Crippen LogP contribution in [0.3, 0.4) is 0 Å². The SMILES string of the molecule is CCOc1cc(CN2CCN(CC)C(c3ccccc3C(C)C)C2)ccn1. The van der Waals surface area contributed by atoms with E-state index in [0.717, 1.165) is 38.6 Å². The lowest BCUT2D eigenvalue weighted by Gasteiger charge is -2.42. The maximum atomic E-state index is 5.56. The molecule has 2 heterocycles. The van der Waals surface area contributed by atoms with Crippen molar-refractivity contribution in [3.63, 3.8) is 0 Å². The topological polar surface area (TPSA) is 28.6 Å². The number of rotatable bonds is 7. The van der Waals surface area contributed by atoms with Gasteiger partial charge in [-0.2, -0.15) is 0 Å². The molecule has 1 aliphatic rings. The molecule has 146 valence electrons. The minimum Gasteiger partial charge on any atom is -0.478 e. The first kappa shape index (κ1) is 19.8. The fraction of sp³-hybridized carbons (Fsp3) is 0.522. The Kier molecular flexibility index (Phi) is 6.86. The van der Waals surface area contributed by atoms with Crippen LogP contribution in [-0.2, 0) is 6.54 Å². The number of benzene rings is 1. The van der Waals surface area contributed by atoms with Gasteiger partial charge in [0, 0.05) is 44.5 Å². The molecular weight excluding hydrogens is 334 g/mol. The van der Waals surface area contributed by atoms with Gasteiger partial charge in [0.05, 0.1) is 6.61 Å². The van der Waals surface area contributed by atoms with E-state index in [1.54, 1.807) is 0 Å². The molecule has 1 aliphatic heterocycles. The zero-order valence-electron chi connectivity index (χ0n) is 17.2. The van der Waals surface area contributed by atoms with Gasteiger partial charge in [-0.15, -0.1) is 0 Å². The Bertz CT molecular complexity index is 731. The number of ether oxygens (including phenoxy) is 1. The molecule has 0 bridgehead atoms. The van der Waals surface area contributed by atoms with E-state index in [2.05, 4.69) is 72.0 Å². The molecule has 0 aliphatic carbocycles. The highest BCUT2D eigenvalue weighted by Crippen LogP contribution is 2.32. The van der Waals surface area contributed by atoms with E-state index in [0.29, 0.717) is 18.6 Å². The van der Waals surface area contributed by atoms with Gasteiger partial charge in [-0.3, -0.25) is 9.80 Å². The van der Waals surface area contributed by atoms with Crippen LogP contribution in [0.15, 0.2) is 42.6 Å². The van der Waals surface area contributed by atoms with E-state index in [4.69, 9.17) is 4.74 Å². The molecule has 0 radical (unpaired) electrons. The minimum atomic E-state index is 0.454. The number of hydrogen-bond acceptors (Lipinski definition) is 4. The molecule has 1 fully saturated rings. The Balaban J connectivity index is 1.78. The van der Waals surface area contributed by atoms with Crippen molar-refractivity contribution in [3.8, 4) is 5.88 Å². The zero-order valence-corrected chi connectivity index (χ0v) is 17.2. The van der Waals surface area contributed by atoms with Crippen LogP contribution in [0.4, 0.5) is 0 Å². The highest BCUT2D eigenvalue weighted by molar-refractivity contribution is 5.33. The van der Waals surface area contributed by atoms with E-state index >= 15 is 0 Å². The van der Waals surface area contributed by atoms with Crippen molar-refractivity contribution in [2.24, 2.45) is 0 Å². The summed E-state index contributed by atoms with van der Waals surface area (Å²) in [6.45, 7) is 14.8. The molecular formula is C23H33N3O. The minimum absolute atomic E-state index is 0.454. The lowest BCUT2D eigenvalue weighted by Crippen LogP contribution is -2.48. The van der Waals surface area contributed by atoms with E-state index in [-0.39, 0.29) is 0 Å². The standard InChI is InChI=1S/C23H33N3O/c1-5-26-14-13-25(16-19-11-12-24-23(15-19)27-6-2)17-22(26)21-10-8-7-9-20(21)18(3)4/h7-12,15,18,22H,5-6,13-14,16-17H2,1-4H3. The Labute approximate surface area is 164 Å². The van der Waals surface area contributed by atoms with Crippen LogP contribution in [0.5, 0.6) is 5.88 Å². The van der Waals surface area contributed by atoms with Crippen molar-refractivity contribution in [1.29, 1.82) is 0 Å². The molecule has 1 unspecified atom stereocenters. The summed E-state index contributed by atoms with van der Waals surface area (Å²) in [6, 6.07) is 13.6. The van der Waals surface area contributed by atoms with E-state index in [9.17, 15) is 0 Å². The van der Waals surface area contributed by atoms with Crippen LogP contribution in [0.2, 0.25) is 0 Å². The summed E-state index contributed by atoms with van der Waals surface area (Å²) in [5.74, 6) is 1.27. The first-order valence-electron chi connectivity index (χ1n) is 10.2. The number of piperazine rings is 1. The summed E-state index contributed by atoms with van der Waals surface area (Å²) in [5, 5.41) is 0. The van der Waals surface area contributed by atoms with Crippen molar-refractivity contribution < 1.29 is 4.74 Å². The van der Waals surface area contributed by atoms with E-state index in [1.807, 2.05) is 13.1 Å². The molecule has 4 nitrogen and oxygen atoms in total. The van der Waals surface area contributed by atoms with E-state index < -0.39 is 0 Å². The molecule has 0 spiro atoms. The van der Waals surface area contributed by atoms with Gasteiger partial charge in [0.1, 0.15) is 0 Å². The van der Waals surface area contributed by atoms with Crippen LogP contribution in [0, 0.1) is 0 Å². The summed E-state index contributed by atoms with van der Waals surface area (Å²) in [7, 11) is 0. The molecule has 1 saturated heterocycles. The molecule has 0 saturated carbocycles. The smallest absolute Gasteiger partial charge is 0.213 e. The van der Waals surface area contributed by atoms with Crippen LogP contribution in [-0.4, -0.2) is 47.6 Å². The average molecular weight is 368 g/mol. The lowest BCUT2D eigenvalue weighted by molar-refractivity contribution is 0.0732. The molecule has 0 N–H and O–H groups in total. The van der Waals surface area contributed by atoms with Crippen LogP contribution < -0.4 is 4.74 Å².